The van der Waals surface area contributed by atoms with Crippen molar-refractivity contribution in [2.24, 2.45) is 5.73 Å². The molecule has 0 radical (unpaired) electrons. The first-order chi connectivity index (χ1) is 7.61. The third-order valence-corrected chi connectivity index (χ3v) is 2.12. The van der Waals surface area contributed by atoms with Gasteiger partial charge in [0.2, 0.25) is 11.9 Å². The van der Waals surface area contributed by atoms with E-state index in [-0.39, 0.29) is 12.6 Å². The van der Waals surface area contributed by atoms with Crippen molar-refractivity contribution >= 4 is 17.6 Å². The van der Waals surface area contributed by atoms with Gasteiger partial charge in [-0.1, -0.05) is 0 Å². The topological polar surface area (TPSA) is 119 Å². The highest BCUT2D eigenvalue weighted by Gasteiger charge is 2.37. The van der Waals surface area contributed by atoms with E-state index >= 15 is 0 Å². The molecule has 2 rings (SSSR count). The number of nitrogens with zero attached hydrogens (tertiary/aromatic N) is 3. The van der Waals surface area contributed by atoms with Crippen LogP contribution >= 0.6 is 0 Å². The summed E-state index contributed by atoms with van der Waals surface area (Å²) >= 11 is 0. The minimum atomic E-state index is -1.48. The maximum atomic E-state index is 11.0. The Balaban J connectivity index is 2.36. The molecule has 84 valence electrons. The second-order valence-corrected chi connectivity index (χ2v) is 3.10. The molecule has 0 saturated heterocycles. The molecule has 8 nitrogen and oxygen atoms in total. The largest absolute Gasteiger partial charge is 0.479 e. The molecule has 3 N–H and O–H groups in total. The molecule has 1 aliphatic heterocycles. The average Bonchev–Trinajstić information content (AvgIpc) is 2.61. The molecule has 1 amide bonds. The van der Waals surface area contributed by atoms with Gasteiger partial charge in [-0.05, 0) is 0 Å². The molecule has 1 aromatic heterocycles. The fourth-order valence-corrected chi connectivity index (χ4v) is 1.44. The maximum absolute atomic E-state index is 11.0. The number of aliphatic carboxylic acids is 1. The zero-order chi connectivity index (χ0) is 11.7. The Morgan fingerprint density at radius 3 is 3.00 bits per heavy atom. The van der Waals surface area contributed by atoms with Crippen LogP contribution in [0.15, 0.2) is 12.5 Å². The van der Waals surface area contributed by atoms with Crippen molar-refractivity contribution in [3.8, 4) is 5.88 Å². The van der Waals surface area contributed by atoms with Crippen LogP contribution in [0.5, 0.6) is 5.88 Å². The monoisotopic (exact) mass is 224 g/mol. The highest BCUT2D eigenvalue weighted by molar-refractivity contribution is 6.03. The molecule has 1 atom stereocenters. The second-order valence-electron chi connectivity index (χ2n) is 3.10. The maximum Gasteiger partial charge on any atom is 0.336 e. The number of carboxylic acids is 1. The van der Waals surface area contributed by atoms with Gasteiger partial charge in [0.25, 0.3) is 5.91 Å². The predicted octanol–water partition coefficient (Wildman–Crippen LogP) is -1.43. The zero-order valence-corrected chi connectivity index (χ0v) is 8.03. The van der Waals surface area contributed by atoms with E-state index in [1.54, 1.807) is 0 Å². The summed E-state index contributed by atoms with van der Waals surface area (Å²) < 4.78 is 5.10. The fourth-order valence-electron chi connectivity index (χ4n) is 1.44. The molecule has 0 bridgehead atoms. The van der Waals surface area contributed by atoms with E-state index in [2.05, 4.69) is 9.97 Å². The van der Waals surface area contributed by atoms with E-state index in [0.717, 1.165) is 0 Å². The van der Waals surface area contributed by atoms with Crippen molar-refractivity contribution in [2.45, 2.75) is 6.04 Å². The molecule has 1 aliphatic rings. The van der Waals surface area contributed by atoms with Gasteiger partial charge in [0, 0.05) is 0 Å². The van der Waals surface area contributed by atoms with Crippen LogP contribution in [-0.4, -0.2) is 39.7 Å². The molecule has 0 fully saturated rings. The van der Waals surface area contributed by atoms with Gasteiger partial charge in [0.1, 0.15) is 12.0 Å². The number of hydrogen-bond donors (Lipinski definition) is 2. The highest BCUT2D eigenvalue weighted by atomic mass is 16.5. The van der Waals surface area contributed by atoms with E-state index in [1.807, 2.05) is 0 Å². The normalized spacial score (nSPS) is 15.1. The lowest BCUT2D eigenvalue weighted by Gasteiger charge is -2.20. The SMILES string of the molecule is NC(=O)C(C(=O)O)N1COc2ncncc21. The Morgan fingerprint density at radius 1 is 1.62 bits per heavy atom. The van der Waals surface area contributed by atoms with Crippen LogP contribution in [0.4, 0.5) is 5.69 Å². The van der Waals surface area contributed by atoms with Gasteiger partial charge < -0.3 is 20.5 Å². The summed E-state index contributed by atoms with van der Waals surface area (Å²) in [5, 5.41) is 8.89. The summed E-state index contributed by atoms with van der Waals surface area (Å²) in [5.41, 5.74) is 5.36. The standard InChI is InChI=1S/C8H8N4O4/c9-6(13)5(8(14)15)12-3-16-7-4(12)1-10-2-11-7/h1-2,5H,3H2,(H2,9,13)(H,14,15). The number of carboxylic acid groups (broad SMARTS) is 1. The zero-order valence-electron chi connectivity index (χ0n) is 8.03. The average molecular weight is 224 g/mol. The summed E-state index contributed by atoms with van der Waals surface area (Å²) in [5.74, 6) is -2.07. The second kappa shape index (κ2) is 3.65. The molecule has 0 aliphatic carbocycles. The number of amides is 1. The van der Waals surface area contributed by atoms with Gasteiger partial charge in [0.15, 0.2) is 6.73 Å². The number of aromatic nitrogens is 2. The Bertz CT molecular complexity index is 435. The third-order valence-electron chi connectivity index (χ3n) is 2.12. The number of nitrogens with two attached hydrogens (primary N) is 1. The first kappa shape index (κ1) is 10.1. The number of hydrogen-bond acceptors (Lipinski definition) is 6. The van der Waals surface area contributed by atoms with Crippen LogP contribution in [0.2, 0.25) is 0 Å². The minimum absolute atomic E-state index is 0.0894. The van der Waals surface area contributed by atoms with Gasteiger partial charge in [-0.15, -0.1) is 0 Å². The van der Waals surface area contributed by atoms with Crippen molar-refractivity contribution in [1.82, 2.24) is 9.97 Å². The number of primary amides is 1. The van der Waals surface area contributed by atoms with Crippen molar-refractivity contribution < 1.29 is 19.4 Å². The first-order valence-corrected chi connectivity index (χ1v) is 4.33. The smallest absolute Gasteiger partial charge is 0.336 e. The first-order valence-electron chi connectivity index (χ1n) is 4.33. The molecule has 2 heterocycles. The van der Waals surface area contributed by atoms with Crippen molar-refractivity contribution in [3.63, 3.8) is 0 Å². The lowest BCUT2D eigenvalue weighted by atomic mass is 10.2. The Morgan fingerprint density at radius 2 is 2.38 bits per heavy atom. The molecule has 8 heteroatoms. The molecule has 1 aromatic rings. The summed E-state index contributed by atoms with van der Waals surface area (Å²) in [7, 11) is 0. The summed E-state index contributed by atoms with van der Waals surface area (Å²) in [6.45, 7) is -0.0894. The van der Waals surface area contributed by atoms with Crippen molar-refractivity contribution in [2.75, 3.05) is 11.6 Å². The van der Waals surface area contributed by atoms with E-state index in [0.29, 0.717) is 5.69 Å². The van der Waals surface area contributed by atoms with Crippen molar-refractivity contribution in [3.05, 3.63) is 12.5 Å². The minimum Gasteiger partial charge on any atom is -0.479 e. The van der Waals surface area contributed by atoms with Gasteiger partial charge in [-0.2, -0.15) is 4.98 Å². The van der Waals surface area contributed by atoms with E-state index < -0.39 is 17.9 Å². The fraction of sp³-hybridized carbons (Fsp3) is 0.250. The molecule has 0 spiro atoms. The Hall–Kier alpha value is -2.38. The Labute approximate surface area is 89.7 Å². The number of anilines is 1. The summed E-state index contributed by atoms with van der Waals surface area (Å²) in [6, 6.07) is -1.48. The quantitative estimate of drug-likeness (QED) is 0.604. The highest BCUT2D eigenvalue weighted by Crippen LogP contribution is 2.31. The van der Waals surface area contributed by atoms with Gasteiger partial charge >= 0.3 is 5.97 Å². The van der Waals surface area contributed by atoms with Crippen molar-refractivity contribution in [1.29, 1.82) is 0 Å². The summed E-state index contributed by atoms with van der Waals surface area (Å²) in [4.78, 5) is 30.7. The van der Waals surface area contributed by atoms with Gasteiger partial charge in [-0.3, -0.25) is 4.79 Å². The number of carbonyl (C=O) groups is 2. The summed E-state index contributed by atoms with van der Waals surface area (Å²) in [6.07, 6.45) is 2.64. The van der Waals surface area contributed by atoms with E-state index in [4.69, 9.17) is 15.6 Å². The third kappa shape index (κ3) is 1.49. The number of rotatable bonds is 3. The number of fused-ring (bicyclic) bond motifs is 1. The van der Waals surface area contributed by atoms with E-state index in [9.17, 15) is 9.59 Å². The number of carbonyl (C=O) groups excluding carboxylic acids is 1. The number of ether oxygens (including phenoxy) is 1. The van der Waals surface area contributed by atoms with Crippen LogP contribution in [-0.2, 0) is 9.59 Å². The van der Waals surface area contributed by atoms with Crippen LogP contribution in [0, 0.1) is 0 Å². The molecule has 16 heavy (non-hydrogen) atoms. The van der Waals surface area contributed by atoms with Crippen LogP contribution in [0.3, 0.4) is 0 Å². The van der Waals surface area contributed by atoms with Crippen LogP contribution in [0.1, 0.15) is 0 Å². The molecule has 0 saturated carbocycles. The van der Waals surface area contributed by atoms with Gasteiger partial charge in [0.05, 0.1) is 6.20 Å². The lowest BCUT2D eigenvalue weighted by Crippen LogP contribution is -2.49. The van der Waals surface area contributed by atoms with Gasteiger partial charge in [-0.25, -0.2) is 9.78 Å². The van der Waals surface area contributed by atoms with E-state index in [1.165, 1.54) is 17.4 Å². The van der Waals surface area contributed by atoms with Crippen LogP contribution in [0.25, 0.3) is 0 Å². The predicted molar refractivity (Wildman–Crippen MR) is 50.6 cm³/mol. The Kier molecular flexibility index (Phi) is 2.31. The molecular weight excluding hydrogens is 216 g/mol. The molecular formula is C8H8N4O4. The molecule has 0 aromatic carbocycles. The van der Waals surface area contributed by atoms with Crippen LogP contribution < -0.4 is 15.4 Å². The molecule has 1 unspecified atom stereocenters. The lowest BCUT2D eigenvalue weighted by molar-refractivity contribution is -0.142.